The molecular formula is C14H12F2N2O2. The molecule has 1 aliphatic carbocycles. The standard InChI is InChI=1S/C14H12F2N2O2/c15-9-5-6-10(17)11(16)12(9)18-13(19)7-3-1-2-4-8(7)14(18)20/h5-6H,1-4,17H2. The van der Waals surface area contributed by atoms with Crippen molar-refractivity contribution < 1.29 is 18.4 Å². The highest BCUT2D eigenvalue weighted by Crippen LogP contribution is 2.38. The molecule has 0 saturated carbocycles. The van der Waals surface area contributed by atoms with Gasteiger partial charge in [-0.05, 0) is 37.8 Å². The SMILES string of the molecule is Nc1ccc(F)c(N2C(=O)C3=C(CCCC3)C2=O)c1F. The summed E-state index contributed by atoms with van der Waals surface area (Å²) < 4.78 is 27.9. The van der Waals surface area contributed by atoms with Gasteiger partial charge in [0.1, 0.15) is 5.69 Å². The van der Waals surface area contributed by atoms with Crippen LogP contribution in [-0.2, 0) is 9.59 Å². The van der Waals surface area contributed by atoms with Crippen molar-refractivity contribution in [2.75, 3.05) is 10.6 Å². The molecular weight excluding hydrogens is 266 g/mol. The van der Waals surface area contributed by atoms with Gasteiger partial charge >= 0.3 is 0 Å². The lowest BCUT2D eigenvalue weighted by Gasteiger charge is -2.17. The van der Waals surface area contributed by atoms with E-state index in [1.807, 2.05) is 0 Å². The second-order valence-electron chi connectivity index (χ2n) is 4.91. The van der Waals surface area contributed by atoms with Gasteiger partial charge in [0.25, 0.3) is 11.8 Å². The average molecular weight is 278 g/mol. The van der Waals surface area contributed by atoms with Crippen LogP contribution < -0.4 is 10.6 Å². The first-order valence-electron chi connectivity index (χ1n) is 6.36. The molecule has 6 heteroatoms. The van der Waals surface area contributed by atoms with Crippen molar-refractivity contribution in [1.82, 2.24) is 0 Å². The number of halogens is 2. The van der Waals surface area contributed by atoms with Crippen LogP contribution in [0.15, 0.2) is 23.3 Å². The third kappa shape index (κ3) is 1.64. The van der Waals surface area contributed by atoms with E-state index in [0.29, 0.717) is 28.9 Å². The lowest BCUT2D eigenvalue weighted by Crippen LogP contribution is -2.33. The Morgan fingerprint density at radius 1 is 1.00 bits per heavy atom. The van der Waals surface area contributed by atoms with Crippen molar-refractivity contribution in [1.29, 1.82) is 0 Å². The molecule has 1 aromatic carbocycles. The summed E-state index contributed by atoms with van der Waals surface area (Å²) in [5, 5.41) is 0. The average Bonchev–Trinajstić information content (AvgIpc) is 2.69. The number of hydrogen-bond acceptors (Lipinski definition) is 3. The molecule has 4 nitrogen and oxygen atoms in total. The van der Waals surface area contributed by atoms with Crippen molar-refractivity contribution in [3.63, 3.8) is 0 Å². The second kappa shape index (κ2) is 4.40. The van der Waals surface area contributed by atoms with Gasteiger partial charge in [-0.3, -0.25) is 9.59 Å². The van der Waals surface area contributed by atoms with E-state index in [2.05, 4.69) is 0 Å². The van der Waals surface area contributed by atoms with Gasteiger partial charge in [-0.1, -0.05) is 0 Å². The lowest BCUT2D eigenvalue weighted by molar-refractivity contribution is -0.120. The Morgan fingerprint density at radius 3 is 2.10 bits per heavy atom. The van der Waals surface area contributed by atoms with Gasteiger partial charge in [0.15, 0.2) is 11.6 Å². The number of hydrogen-bond donors (Lipinski definition) is 1. The van der Waals surface area contributed by atoms with Crippen molar-refractivity contribution in [2.45, 2.75) is 25.7 Å². The molecule has 0 fully saturated rings. The summed E-state index contributed by atoms with van der Waals surface area (Å²) in [6, 6.07) is 2.01. The molecule has 0 unspecified atom stereocenters. The van der Waals surface area contributed by atoms with Gasteiger partial charge in [0.05, 0.1) is 5.69 Å². The molecule has 2 N–H and O–H groups in total. The van der Waals surface area contributed by atoms with Gasteiger partial charge in [-0.15, -0.1) is 0 Å². The zero-order valence-corrected chi connectivity index (χ0v) is 10.6. The second-order valence-corrected chi connectivity index (χ2v) is 4.91. The fourth-order valence-corrected chi connectivity index (χ4v) is 2.70. The number of imide groups is 1. The largest absolute Gasteiger partial charge is 0.396 e. The molecule has 0 spiro atoms. The van der Waals surface area contributed by atoms with Crippen LogP contribution in [-0.4, -0.2) is 11.8 Å². The van der Waals surface area contributed by atoms with Crippen LogP contribution in [0, 0.1) is 11.6 Å². The first-order chi connectivity index (χ1) is 9.52. The van der Waals surface area contributed by atoms with Crippen molar-refractivity contribution in [3.05, 3.63) is 34.9 Å². The first-order valence-corrected chi connectivity index (χ1v) is 6.36. The Kier molecular flexibility index (Phi) is 2.81. The molecule has 0 bridgehead atoms. The molecule has 0 saturated heterocycles. The molecule has 3 rings (SSSR count). The number of rotatable bonds is 1. The Labute approximate surface area is 113 Å². The smallest absolute Gasteiger partial charge is 0.261 e. The maximum Gasteiger partial charge on any atom is 0.261 e. The summed E-state index contributed by atoms with van der Waals surface area (Å²) in [6.07, 6.45) is 2.55. The highest BCUT2D eigenvalue weighted by molar-refractivity contribution is 6.33. The molecule has 0 aromatic heterocycles. The summed E-state index contributed by atoms with van der Waals surface area (Å²) in [7, 11) is 0. The topological polar surface area (TPSA) is 63.4 Å². The van der Waals surface area contributed by atoms with Crippen LogP contribution in [0.25, 0.3) is 0 Å². The Balaban J connectivity index is 2.12. The van der Waals surface area contributed by atoms with Gasteiger partial charge < -0.3 is 5.73 Å². The maximum atomic E-state index is 14.0. The number of nitrogen functional groups attached to an aromatic ring is 1. The van der Waals surface area contributed by atoms with Crippen LogP contribution in [0.3, 0.4) is 0 Å². The predicted molar refractivity (Wildman–Crippen MR) is 68.8 cm³/mol. The van der Waals surface area contributed by atoms with Crippen LogP contribution in [0.4, 0.5) is 20.2 Å². The van der Waals surface area contributed by atoms with E-state index < -0.39 is 29.1 Å². The first kappa shape index (κ1) is 12.8. The fraction of sp³-hybridized carbons (Fsp3) is 0.286. The Hall–Kier alpha value is -2.24. The molecule has 1 aliphatic heterocycles. The van der Waals surface area contributed by atoms with Crippen LogP contribution >= 0.6 is 0 Å². The molecule has 1 aromatic rings. The molecule has 1 heterocycles. The third-order valence-electron chi connectivity index (χ3n) is 3.71. The summed E-state index contributed by atoms with van der Waals surface area (Å²) in [5.41, 5.74) is 5.17. The zero-order chi connectivity index (χ0) is 14.4. The van der Waals surface area contributed by atoms with E-state index >= 15 is 0 Å². The summed E-state index contributed by atoms with van der Waals surface area (Å²) in [5.74, 6) is -3.31. The highest BCUT2D eigenvalue weighted by Gasteiger charge is 2.42. The van der Waals surface area contributed by atoms with E-state index in [1.54, 1.807) is 0 Å². The Bertz CT molecular complexity index is 639. The normalized spacial score (nSPS) is 18.8. The molecule has 104 valence electrons. The van der Waals surface area contributed by atoms with Crippen LogP contribution in [0.5, 0.6) is 0 Å². The minimum Gasteiger partial charge on any atom is -0.396 e. The molecule has 0 atom stereocenters. The number of anilines is 2. The van der Waals surface area contributed by atoms with Crippen molar-refractivity contribution >= 4 is 23.2 Å². The Morgan fingerprint density at radius 2 is 1.55 bits per heavy atom. The minimum absolute atomic E-state index is 0.299. The zero-order valence-electron chi connectivity index (χ0n) is 10.6. The molecule has 2 aliphatic rings. The van der Waals surface area contributed by atoms with E-state index in [-0.39, 0.29) is 5.69 Å². The fourth-order valence-electron chi connectivity index (χ4n) is 2.70. The van der Waals surface area contributed by atoms with E-state index in [9.17, 15) is 18.4 Å². The van der Waals surface area contributed by atoms with Gasteiger partial charge in [0, 0.05) is 11.1 Å². The maximum absolute atomic E-state index is 14.0. The van der Waals surface area contributed by atoms with E-state index in [4.69, 9.17) is 5.73 Å². The van der Waals surface area contributed by atoms with Crippen molar-refractivity contribution in [3.8, 4) is 0 Å². The number of nitrogens with two attached hydrogens (primary N) is 1. The monoisotopic (exact) mass is 278 g/mol. The van der Waals surface area contributed by atoms with Crippen molar-refractivity contribution in [2.24, 2.45) is 0 Å². The number of nitrogens with zero attached hydrogens (tertiary/aromatic N) is 1. The summed E-state index contributed by atoms with van der Waals surface area (Å²) in [6.45, 7) is 0. The summed E-state index contributed by atoms with van der Waals surface area (Å²) >= 11 is 0. The third-order valence-corrected chi connectivity index (χ3v) is 3.71. The van der Waals surface area contributed by atoms with E-state index in [0.717, 1.165) is 25.0 Å². The number of carbonyl (C=O) groups is 2. The van der Waals surface area contributed by atoms with Gasteiger partial charge in [-0.2, -0.15) is 0 Å². The lowest BCUT2D eigenvalue weighted by atomic mass is 9.93. The molecule has 20 heavy (non-hydrogen) atoms. The van der Waals surface area contributed by atoms with Crippen LogP contribution in [0.1, 0.15) is 25.7 Å². The van der Waals surface area contributed by atoms with Gasteiger partial charge in [0.2, 0.25) is 0 Å². The molecule has 0 radical (unpaired) electrons. The predicted octanol–water partition coefficient (Wildman–Crippen LogP) is 2.29. The number of carbonyl (C=O) groups excluding carboxylic acids is 2. The van der Waals surface area contributed by atoms with E-state index in [1.165, 1.54) is 0 Å². The number of amides is 2. The summed E-state index contributed by atoms with van der Waals surface area (Å²) in [4.78, 5) is 25.1. The van der Waals surface area contributed by atoms with Gasteiger partial charge in [-0.25, -0.2) is 13.7 Å². The van der Waals surface area contributed by atoms with Crippen LogP contribution in [0.2, 0.25) is 0 Å². The minimum atomic E-state index is -1.08. The molecule has 2 amide bonds. The highest BCUT2D eigenvalue weighted by atomic mass is 19.1. The quantitative estimate of drug-likeness (QED) is 0.633. The number of benzene rings is 1.